The van der Waals surface area contributed by atoms with E-state index >= 15 is 0 Å². The molecule has 4 nitrogen and oxygen atoms in total. The van der Waals surface area contributed by atoms with Crippen LogP contribution in [0.3, 0.4) is 0 Å². The summed E-state index contributed by atoms with van der Waals surface area (Å²) in [5.41, 5.74) is 4.66. The Labute approximate surface area is 67.0 Å². The summed E-state index contributed by atoms with van der Waals surface area (Å²) in [7, 11) is 2.02. The van der Waals surface area contributed by atoms with E-state index in [1.165, 1.54) is 0 Å². The van der Waals surface area contributed by atoms with Crippen LogP contribution >= 0.6 is 0 Å². The van der Waals surface area contributed by atoms with Crippen LogP contribution in [0.1, 0.15) is 6.42 Å². The third-order valence-electron chi connectivity index (χ3n) is 1.46. The molecule has 1 saturated heterocycles. The first kappa shape index (κ1) is 10.6. The molecule has 0 aromatic rings. The molecule has 0 aromatic carbocycles. The molecule has 0 spiro atoms. The smallest absolute Gasteiger partial charge is 0.133 e. The quantitative estimate of drug-likeness (QED) is 0.474. The Hall–Kier alpha value is -0.450. The highest BCUT2D eigenvalue weighted by Crippen LogP contribution is 2.03. The fraction of sp³-hybridized carbons (Fsp3) is 0.857. The third-order valence-corrected chi connectivity index (χ3v) is 1.46. The second kappa shape index (κ2) is 6.27. The number of hydrogen-bond donors (Lipinski definition) is 2. The average molecular weight is 160 g/mol. The van der Waals surface area contributed by atoms with Crippen LogP contribution in [0.25, 0.3) is 0 Å². The van der Waals surface area contributed by atoms with Crippen LogP contribution in [0.15, 0.2) is 0 Å². The fourth-order valence-corrected chi connectivity index (χ4v) is 0.912. The van der Waals surface area contributed by atoms with Crippen molar-refractivity contribution in [2.75, 3.05) is 26.7 Å². The topological polar surface area (TPSA) is 66.6 Å². The van der Waals surface area contributed by atoms with Crippen molar-refractivity contribution in [2.24, 2.45) is 5.73 Å². The molecule has 0 aromatic heterocycles. The maximum absolute atomic E-state index is 9.05. The van der Waals surface area contributed by atoms with Crippen LogP contribution in [-0.2, 0) is 4.79 Å². The monoisotopic (exact) mass is 160 g/mol. The first-order valence-corrected chi connectivity index (χ1v) is 3.71. The van der Waals surface area contributed by atoms with Crippen molar-refractivity contribution in [3.05, 3.63) is 0 Å². The Morgan fingerprint density at radius 3 is 2.45 bits per heavy atom. The first-order chi connectivity index (χ1) is 5.20. The van der Waals surface area contributed by atoms with Crippen molar-refractivity contribution in [1.29, 1.82) is 0 Å². The number of carbonyl (C=O) groups is 1. The second-order valence-electron chi connectivity index (χ2n) is 2.61. The summed E-state index contributed by atoms with van der Waals surface area (Å²) in [5.74, 6) is 0. The number of carbonyl (C=O) groups excluding carboxylic acids is 1. The van der Waals surface area contributed by atoms with Gasteiger partial charge in [-0.05, 0) is 13.5 Å². The van der Waals surface area contributed by atoms with Crippen LogP contribution in [0.2, 0.25) is 0 Å². The lowest BCUT2D eigenvalue weighted by Gasteiger charge is -2.02. The van der Waals surface area contributed by atoms with Crippen LogP contribution in [0.4, 0.5) is 0 Å². The van der Waals surface area contributed by atoms with Crippen LogP contribution in [0, 0.1) is 0 Å². The van der Waals surface area contributed by atoms with E-state index in [0.29, 0.717) is 6.29 Å². The molecule has 1 atom stereocenters. The van der Waals surface area contributed by atoms with Crippen molar-refractivity contribution in [1.82, 2.24) is 4.90 Å². The summed E-state index contributed by atoms with van der Waals surface area (Å²) >= 11 is 0. The highest BCUT2D eigenvalue weighted by Gasteiger charge is 2.14. The summed E-state index contributed by atoms with van der Waals surface area (Å²) in [6, 6.07) is 0. The predicted molar refractivity (Wildman–Crippen MR) is 43.2 cm³/mol. The predicted octanol–water partition coefficient (Wildman–Crippen LogP) is -1.17. The van der Waals surface area contributed by atoms with Gasteiger partial charge in [0, 0.05) is 19.6 Å². The molecule has 0 bridgehead atoms. The van der Waals surface area contributed by atoms with Crippen LogP contribution in [0.5, 0.6) is 0 Å². The summed E-state index contributed by atoms with van der Waals surface area (Å²) in [6.07, 6.45) is 1.56. The third kappa shape index (κ3) is 5.97. The van der Waals surface area contributed by atoms with Crippen molar-refractivity contribution in [3.8, 4) is 0 Å². The molecule has 0 aliphatic carbocycles. The molecule has 1 heterocycles. The highest BCUT2D eigenvalue weighted by molar-refractivity contribution is 5.51. The van der Waals surface area contributed by atoms with Gasteiger partial charge in [-0.2, -0.15) is 0 Å². The maximum atomic E-state index is 9.05. The summed E-state index contributed by atoms with van der Waals surface area (Å²) in [5, 5.41) is 8.86. The number of likely N-dealkylation sites (tertiary alicyclic amines) is 1. The van der Waals surface area contributed by atoms with Gasteiger partial charge < -0.3 is 20.5 Å². The minimum absolute atomic E-state index is 0.0509. The lowest BCUT2D eigenvalue weighted by Crippen LogP contribution is -2.15. The number of rotatable bonds is 1. The molecule has 3 N–H and O–H groups in total. The zero-order valence-electron chi connectivity index (χ0n) is 6.86. The number of likely N-dealkylation sites (N-methyl/N-ethyl adjacent to an activating group) is 1. The largest absolute Gasteiger partial charge is 0.392 e. The normalized spacial score (nSPS) is 24.1. The van der Waals surface area contributed by atoms with Gasteiger partial charge in [-0.15, -0.1) is 0 Å². The van der Waals surface area contributed by atoms with E-state index in [0.717, 1.165) is 19.5 Å². The Balaban J connectivity index is 0.000000218. The molecule has 0 radical (unpaired) electrons. The molecule has 1 aliphatic rings. The molecule has 1 fully saturated rings. The number of nitrogens with two attached hydrogens (primary N) is 1. The minimum atomic E-state index is -0.0509. The Kier molecular flexibility index (Phi) is 6.02. The summed E-state index contributed by atoms with van der Waals surface area (Å²) in [4.78, 5) is 11.2. The lowest BCUT2D eigenvalue weighted by atomic mass is 10.3. The van der Waals surface area contributed by atoms with Crippen molar-refractivity contribution in [2.45, 2.75) is 12.5 Å². The van der Waals surface area contributed by atoms with E-state index in [1.54, 1.807) is 0 Å². The first-order valence-electron chi connectivity index (χ1n) is 3.71. The van der Waals surface area contributed by atoms with E-state index in [-0.39, 0.29) is 12.6 Å². The van der Waals surface area contributed by atoms with E-state index in [9.17, 15) is 0 Å². The van der Waals surface area contributed by atoms with Gasteiger partial charge in [-0.3, -0.25) is 0 Å². The Morgan fingerprint density at radius 2 is 2.36 bits per heavy atom. The summed E-state index contributed by atoms with van der Waals surface area (Å²) < 4.78 is 0. The molecule has 1 aliphatic heterocycles. The lowest BCUT2D eigenvalue weighted by molar-refractivity contribution is -0.106. The molecule has 0 saturated carbocycles. The van der Waals surface area contributed by atoms with Crippen LogP contribution < -0.4 is 5.73 Å². The van der Waals surface area contributed by atoms with Gasteiger partial charge in [-0.25, -0.2) is 0 Å². The fourth-order valence-electron chi connectivity index (χ4n) is 0.912. The van der Waals surface area contributed by atoms with Gasteiger partial charge in [-0.1, -0.05) is 0 Å². The molecule has 66 valence electrons. The zero-order valence-corrected chi connectivity index (χ0v) is 6.86. The number of aliphatic hydroxyl groups excluding tert-OH is 1. The van der Waals surface area contributed by atoms with E-state index in [2.05, 4.69) is 10.6 Å². The van der Waals surface area contributed by atoms with Crippen LogP contribution in [-0.4, -0.2) is 49.1 Å². The van der Waals surface area contributed by atoms with E-state index in [1.807, 2.05) is 7.05 Å². The molecule has 0 amide bonds. The molecular weight excluding hydrogens is 144 g/mol. The van der Waals surface area contributed by atoms with Crippen molar-refractivity contribution >= 4 is 6.29 Å². The van der Waals surface area contributed by atoms with Gasteiger partial charge in [0.05, 0.1) is 6.10 Å². The minimum Gasteiger partial charge on any atom is -0.392 e. The van der Waals surface area contributed by atoms with Gasteiger partial charge in [0.15, 0.2) is 0 Å². The second-order valence-corrected chi connectivity index (χ2v) is 2.61. The number of aliphatic hydroxyl groups is 1. The molecule has 11 heavy (non-hydrogen) atoms. The molecule has 4 heteroatoms. The number of β-amino-alcohol motifs (C(OH)–C–C–N with tert-alkyl or cyclic N) is 1. The summed E-state index contributed by atoms with van der Waals surface area (Å²) in [6.45, 7) is 2.06. The zero-order chi connectivity index (χ0) is 8.69. The maximum Gasteiger partial charge on any atom is 0.133 e. The van der Waals surface area contributed by atoms with E-state index in [4.69, 9.17) is 9.90 Å². The Bertz CT molecular complexity index is 101. The Morgan fingerprint density at radius 1 is 1.82 bits per heavy atom. The van der Waals surface area contributed by atoms with Gasteiger partial charge >= 0.3 is 0 Å². The average Bonchev–Trinajstić information content (AvgIpc) is 2.35. The van der Waals surface area contributed by atoms with Gasteiger partial charge in [0.25, 0.3) is 0 Å². The van der Waals surface area contributed by atoms with Gasteiger partial charge in [0.2, 0.25) is 0 Å². The molecule has 1 unspecified atom stereocenters. The number of nitrogens with zero attached hydrogens (tertiary/aromatic N) is 1. The molecular formula is C7H16N2O2. The standard InChI is InChI=1S/C5H11NO.C2H5NO/c1-6-3-2-5(7)4-6;3-1-2-4/h5,7H,2-4H2,1H3;2H,1,3H2. The number of aldehydes is 1. The highest BCUT2D eigenvalue weighted by atomic mass is 16.3. The number of hydrogen-bond acceptors (Lipinski definition) is 4. The van der Waals surface area contributed by atoms with E-state index < -0.39 is 0 Å². The van der Waals surface area contributed by atoms with Crippen molar-refractivity contribution in [3.63, 3.8) is 0 Å². The SMILES string of the molecule is CN1CCC(O)C1.NCC=O. The van der Waals surface area contributed by atoms with Crippen molar-refractivity contribution < 1.29 is 9.90 Å². The molecule has 1 rings (SSSR count). The van der Waals surface area contributed by atoms with Gasteiger partial charge in [0.1, 0.15) is 6.29 Å².